The van der Waals surface area contributed by atoms with E-state index >= 15 is 0 Å². The van der Waals surface area contributed by atoms with E-state index < -0.39 is 0 Å². The Morgan fingerprint density at radius 1 is 0.923 bits per heavy atom. The minimum atomic E-state index is 0.475. The highest BCUT2D eigenvalue weighted by atomic mass is 15.6. The number of hydrogen-bond acceptors (Lipinski definition) is 2. The molecule has 2 nitrogen and oxygen atoms in total. The van der Waals surface area contributed by atoms with E-state index in [0.717, 1.165) is 12.1 Å². The van der Waals surface area contributed by atoms with Crippen molar-refractivity contribution in [1.29, 1.82) is 0 Å². The third-order valence-electron chi connectivity index (χ3n) is 4.44. The standard InChI is InChI=1S/C11H20N2/c1-10(2)5-8-6-11(3,4)13-7-12(10)9(8)13/h8-9H,5-7H2,1-4H3. The van der Waals surface area contributed by atoms with Gasteiger partial charge in [0.25, 0.3) is 0 Å². The zero-order valence-corrected chi connectivity index (χ0v) is 9.17. The van der Waals surface area contributed by atoms with Crippen LogP contribution in [0, 0.1) is 5.92 Å². The molecule has 0 N–H and O–H groups in total. The molecule has 3 aliphatic heterocycles. The Morgan fingerprint density at radius 3 is 1.77 bits per heavy atom. The van der Waals surface area contributed by atoms with Crippen LogP contribution in [0.1, 0.15) is 40.5 Å². The Hall–Kier alpha value is -0.0800. The zero-order chi connectivity index (χ0) is 9.43. The Balaban J connectivity index is 1.92. The van der Waals surface area contributed by atoms with Crippen LogP contribution in [0.5, 0.6) is 0 Å². The van der Waals surface area contributed by atoms with Gasteiger partial charge >= 0.3 is 0 Å². The Labute approximate surface area is 80.9 Å². The highest BCUT2D eigenvalue weighted by Crippen LogP contribution is 2.55. The monoisotopic (exact) mass is 180 g/mol. The zero-order valence-electron chi connectivity index (χ0n) is 9.17. The largest absolute Gasteiger partial charge is 0.269 e. The third kappa shape index (κ3) is 0.816. The fraction of sp³-hybridized carbons (Fsp3) is 1.00. The van der Waals surface area contributed by atoms with Gasteiger partial charge < -0.3 is 0 Å². The molecule has 13 heavy (non-hydrogen) atoms. The SMILES string of the molecule is CC1(C)CC2CC(C)(C)N3CN1C23. The average molecular weight is 180 g/mol. The minimum Gasteiger partial charge on any atom is -0.269 e. The lowest BCUT2D eigenvalue weighted by Crippen LogP contribution is -2.68. The smallest absolute Gasteiger partial charge is 0.0683 e. The van der Waals surface area contributed by atoms with Gasteiger partial charge in [0.05, 0.1) is 12.8 Å². The summed E-state index contributed by atoms with van der Waals surface area (Å²) in [5.41, 5.74) is 0.949. The second-order valence-electron chi connectivity index (χ2n) is 6.29. The molecule has 0 aromatic carbocycles. The maximum absolute atomic E-state index is 2.69. The maximum atomic E-state index is 2.69. The first-order valence-electron chi connectivity index (χ1n) is 5.45. The normalized spacial score (nSPS) is 46.2. The second-order valence-corrected chi connectivity index (χ2v) is 6.29. The molecule has 3 aliphatic rings. The summed E-state index contributed by atoms with van der Waals surface area (Å²) in [5, 5.41) is 0. The first-order chi connectivity index (χ1) is 5.92. The summed E-state index contributed by atoms with van der Waals surface area (Å²) in [4.78, 5) is 5.37. The van der Waals surface area contributed by atoms with Crippen molar-refractivity contribution in [3.05, 3.63) is 0 Å². The average Bonchev–Trinajstić information content (AvgIpc) is 2.00. The van der Waals surface area contributed by atoms with Crippen LogP contribution in [0.2, 0.25) is 0 Å². The molecule has 0 aliphatic carbocycles. The molecule has 0 spiro atoms. The van der Waals surface area contributed by atoms with E-state index in [9.17, 15) is 0 Å². The van der Waals surface area contributed by atoms with Gasteiger partial charge in [0.1, 0.15) is 0 Å². The molecule has 0 unspecified atom stereocenters. The topological polar surface area (TPSA) is 6.48 Å². The quantitative estimate of drug-likeness (QED) is 0.561. The van der Waals surface area contributed by atoms with Gasteiger partial charge in [0.15, 0.2) is 0 Å². The molecule has 0 atom stereocenters. The lowest BCUT2D eigenvalue weighted by Gasteiger charge is -2.55. The van der Waals surface area contributed by atoms with Gasteiger partial charge in [0, 0.05) is 11.1 Å². The summed E-state index contributed by atoms with van der Waals surface area (Å²) in [6.45, 7) is 10.8. The fourth-order valence-corrected chi connectivity index (χ4v) is 3.81. The Morgan fingerprint density at radius 2 is 1.38 bits per heavy atom. The Kier molecular flexibility index (Phi) is 1.24. The van der Waals surface area contributed by atoms with Gasteiger partial charge in [-0.05, 0) is 46.5 Å². The highest BCUT2D eigenvalue weighted by molar-refractivity contribution is 5.13. The number of nitrogens with zero attached hydrogens (tertiary/aromatic N) is 2. The number of hydrogen-bond donors (Lipinski definition) is 0. The molecule has 0 amide bonds. The van der Waals surface area contributed by atoms with Crippen LogP contribution in [0.3, 0.4) is 0 Å². The summed E-state index contributed by atoms with van der Waals surface area (Å²) in [6.07, 6.45) is 3.60. The van der Waals surface area contributed by atoms with E-state index in [0.29, 0.717) is 11.1 Å². The van der Waals surface area contributed by atoms with Crippen LogP contribution in [0.4, 0.5) is 0 Å². The second kappa shape index (κ2) is 1.96. The van der Waals surface area contributed by atoms with Crippen molar-refractivity contribution < 1.29 is 0 Å². The van der Waals surface area contributed by atoms with Crippen molar-refractivity contribution >= 4 is 0 Å². The van der Waals surface area contributed by atoms with Crippen molar-refractivity contribution in [2.45, 2.75) is 57.8 Å². The Bertz CT molecular complexity index is 233. The summed E-state index contributed by atoms with van der Waals surface area (Å²) >= 11 is 0. The molecule has 0 aromatic heterocycles. The van der Waals surface area contributed by atoms with Crippen LogP contribution in [-0.4, -0.2) is 33.7 Å². The van der Waals surface area contributed by atoms with Crippen molar-refractivity contribution in [3.8, 4) is 0 Å². The third-order valence-corrected chi connectivity index (χ3v) is 4.44. The molecule has 3 heterocycles. The van der Waals surface area contributed by atoms with E-state index in [2.05, 4.69) is 37.5 Å². The molecule has 2 heteroatoms. The molecular formula is C11H20N2. The lowest BCUT2D eigenvalue weighted by atomic mass is 9.89. The molecular weight excluding hydrogens is 160 g/mol. The first-order valence-corrected chi connectivity index (χ1v) is 5.45. The molecule has 3 saturated heterocycles. The highest BCUT2D eigenvalue weighted by Gasteiger charge is 2.63. The number of rotatable bonds is 0. The maximum Gasteiger partial charge on any atom is 0.0683 e. The van der Waals surface area contributed by atoms with E-state index in [1.807, 2.05) is 0 Å². The molecule has 0 saturated carbocycles. The van der Waals surface area contributed by atoms with Crippen molar-refractivity contribution in [2.24, 2.45) is 5.92 Å². The van der Waals surface area contributed by atoms with Gasteiger partial charge in [-0.15, -0.1) is 0 Å². The van der Waals surface area contributed by atoms with Crippen LogP contribution in [0.25, 0.3) is 0 Å². The minimum absolute atomic E-state index is 0.475. The van der Waals surface area contributed by atoms with Crippen molar-refractivity contribution in [3.63, 3.8) is 0 Å². The van der Waals surface area contributed by atoms with Crippen molar-refractivity contribution in [2.75, 3.05) is 6.67 Å². The first kappa shape index (κ1) is 8.25. The van der Waals surface area contributed by atoms with E-state index in [4.69, 9.17) is 0 Å². The lowest BCUT2D eigenvalue weighted by molar-refractivity contribution is -0.144. The van der Waals surface area contributed by atoms with Crippen LogP contribution >= 0.6 is 0 Å². The molecule has 3 fully saturated rings. The van der Waals surface area contributed by atoms with Gasteiger partial charge in [-0.1, -0.05) is 0 Å². The molecule has 0 bridgehead atoms. The predicted molar refractivity (Wildman–Crippen MR) is 53.2 cm³/mol. The van der Waals surface area contributed by atoms with E-state index in [-0.39, 0.29) is 0 Å². The predicted octanol–water partition coefficient (Wildman–Crippen LogP) is 1.87. The summed E-state index contributed by atoms with van der Waals surface area (Å²) in [5.74, 6) is 0.943. The van der Waals surface area contributed by atoms with Crippen molar-refractivity contribution in [1.82, 2.24) is 9.80 Å². The fourth-order valence-electron chi connectivity index (χ4n) is 3.81. The summed E-state index contributed by atoms with van der Waals surface area (Å²) in [6, 6.07) is 0. The molecule has 0 radical (unpaired) electrons. The summed E-state index contributed by atoms with van der Waals surface area (Å²) < 4.78 is 0. The van der Waals surface area contributed by atoms with E-state index in [1.54, 1.807) is 0 Å². The van der Waals surface area contributed by atoms with Gasteiger partial charge in [-0.25, -0.2) is 0 Å². The van der Waals surface area contributed by atoms with E-state index in [1.165, 1.54) is 19.5 Å². The molecule has 3 rings (SSSR count). The van der Waals surface area contributed by atoms with Crippen LogP contribution in [-0.2, 0) is 0 Å². The van der Waals surface area contributed by atoms with Gasteiger partial charge in [0.2, 0.25) is 0 Å². The van der Waals surface area contributed by atoms with Crippen LogP contribution in [0.15, 0.2) is 0 Å². The summed E-state index contributed by atoms with van der Waals surface area (Å²) in [7, 11) is 0. The van der Waals surface area contributed by atoms with Gasteiger partial charge in [-0.3, -0.25) is 9.80 Å². The molecule has 0 aromatic rings. The molecule has 74 valence electrons. The van der Waals surface area contributed by atoms with Crippen LogP contribution < -0.4 is 0 Å². The van der Waals surface area contributed by atoms with Gasteiger partial charge in [-0.2, -0.15) is 0 Å².